The molecule has 0 bridgehead atoms. The standard InChI is InChI=1S/C15H23N3O/c16-12-10-13-14(4-3-5-15(13)19-11-12)17-6-9-18-7-1-2-8-18/h3-5,12,17H,1-2,6-11,16H2. The molecule has 1 fully saturated rings. The summed E-state index contributed by atoms with van der Waals surface area (Å²) >= 11 is 0. The third-order valence-electron chi connectivity index (χ3n) is 3.99. The molecule has 19 heavy (non-hydrogen) atoms. The molecule has 1 atom stereocenters. The van der Waals surface area contributed by atoms with Crippen LogP contribution in [0.4, 0.5) is 5.69 Å². The molecule has 3 rings (SSSR count). The number of nitrogens with one attached hydrogen (secondary N) is 1. The maximum absolute atomic E-state index is 5.99. The Morgan fingerprint density at radius 3 is 3.00 bits per heavy atom. The zero-order valence-corrected chi connectivity index (χ0v) is 11.4. The molecule has 1 aromatic carbocycles. The Bertz CT molecular complexity index is 429. The maximum Gasteiger partial charge on any atom is 0.124 e. The van der Waals surface area contributed by atoms with E-state index < -0.39 is 0 Å². The van der Waals surface area contributed by atoms with E-state index in [2.05, 4.69) is 16.3 Å². The first kappa shape index (κ1) is 12.8. The minimum absolute atomic E-state index is 0.119. The van der Waals surface area contributed by atoms with Gasteiger partial charge in [-0.15, -0.1) is 0 Å². The zero-order chi connectivity index (χ0) is 13.1. The van der Waals surface area contributed by atoms with Crippen molar-refractivity contribution < 1.29 is 4.74 Å². The Hall–Kier alpha value is -1.26. The predicted octanol–water partition coefficient (Wildman–Crippen LogP) is 1.46. The first-order chi connectivity index (χ1) is 9.33. The van der Waals surface area contributed by atoms with Gasteiger partial charge >= 0.3 is 0 Å². The Labute approximate surface area is 114 Å². The molecule has 0 saturated carbocycles. The molecule has 104 valence electrons. The fraction of sp³-hybridized carbons (Fsp3) is 0.600. The number of rotatable bonds is 4. The second-order valence-corrected chi connectivity index (χ2v) is 5.53. The quantitative estimate of drug-likeness (QED) is 0.861. The van der Waals surface area contributed by atoms with Crippen LogP contribution < -0.4 is 15.8 Å². The van der Waals surface area contributed by atoms with Crippen LogP contribution in [0.25, 0.3) is 0 Å². The summed E-state index contributed by atoms with van der Waals surface area (Å²) in [7, 11) is 0. The van der Waals surface area contributed by atoms with E-state index in [4.69, 9.17) is 10.5 Å². The fourth-order valence-electron chi connectivity index (χ4n) is 2.95. The molecule has 1 saturated heterocycles. The summed E-state index contributed by atoms with van der Waals surface area (Å²) < 4.78 is 5.68. The summed E-state index contributed by atoms with van der Waals surface area (Å²) in [5.74, 6) is 0.993. The monoisotopic (exact) mass is 261 g/mol. The van der Waals surface area contributed by atoms with Crippen LogP contribution in [0.2, 0.25) is 0 Å². The molecule has 0 spiro atoms. The van der Waals surface area contributed by atoms with Crippen LogP contribution >= 0.6 is 0 Å². The topological polar surface area (TPSA) is 50.5 Å². The van der Waals surface area contributed by atoms with Crippen LogP contribution in [0.15, 0.2) is 18.2 Å². The van der Waals surface area contributed by atoms with Gasteiger partial charge in [-0.2, -0.15) is 0 Å². The SMILES string of the molecule is NC1COc2cccc(NCCN3CCCC3)c2C1. The summed E-state index contributed by atoms with van der Waals surface area (Å²) in [5.41, 5.74) is 8.41. The van der Waals surface area contributed by atoms with E-state index in [9.17, 15) is 0 Å². The molecule has 2 aliphatic heterocycles. The average molecular weight is 261 g/mol. The molecule has 3 N–H and O–H groups in total. The number of benzene rings is 1. The molecular formula is C15H23N3O. The van der Waals surface area contributed by atoms with Gasteiger partial charge in [-0.25, -0.2) is 0 Å². The lowest BCUT2D eigenvalue weighted by molar-refractivity contribution is 0.264. The largest absolute Gasteiger partial charge is 0.492 e. The molecule has 0 amide bonds. The van der Waals surface area contributed by atoms with Crippen molar-refractivity contribution in [3.8, 4) is 5.75 Å². The molecular weight excluding hydrogens is 238 g/mol. The van der Waals surface area contributed by atoms with E-state index in [0.29, 0.717) is 6.61 Å². The molecule has 0 aromatic heterocycles. The van der Waals surface area contributed by atoms with Crippen LogP contribution in [-0.2, 0) is 6.42 Å². The molecule has 0 aliphatic carbocycles. The predicted molar refractivity (Wildman–Crippen MR) is 77.8 cm³/mol. The number of hydrogen-bond acceptors (Lipinski definition) is 4. The highest BCUT2D eigenvalue weighted by Crippen LogP contribution is 2.30. The smallest absolute Gasteiger partial charge is 0.124 e. The van der Waals surface area contributed by atoms with Gasteiger partial charge in [0.25, 0.3) is 0 Å². The van der Waals surface area contributed by atoms with Crippen molar-refractivity contribution in [1.29, 1.82) is 0 Å². The first-order valence-corrected chi connectivity index (χ1v) is 7.29. The van der Waals surface area contributed by atoms with Crippen LogP contribution in [0.3, 0.4) is 0 Å². The van der Waals surface area contributed by atoms with Gasteiger partial charge in [-0.3, -0.25) is 0 Å². The van der Waals surface area contributed by atoms with Gasteiger partial charge < -0.3 is 20.7 Å². The van der Waals surface area contributed by atoms with Crippen molar-refractivity contribution >= 4 is 5.69 Å². The van der Waals surface area contributed by atoms with Gasteiger partial charge in [0.15, 0.2) is 0 Å². The van der Waals surface area contributed by atoms with E-state index >= 15 is 0 Å². The fourth-order valence-corrected chi connectivity index (χ4v) is 2.95. The summed E-state index contributed by atoms with van der Waals surface area (Å²) in [6, 6.07) is 6.33. The zero-order valence-electron chi connectivity index (χ0n) is 11.4. The van der Waals surface area contributed by atoms with E-state index in [-0.39, 0.29) is 6.04 Å². The third kappa shape index (κ3) is 3.01. The lowest BCUT2D eigenvalue weighted by Crippen LogP contribution is -2.34. The molecule has 4 heteroatoms. The normalized spacial score (nSPS) is 22.9. The van der Waals surface area contributed by atoms with Crippen molar-refractivity contribution in [3.05, 3.63) is 23.8 Å². The third-order valence-corrected chi connectivity index (χ3v) is 3.99. The number of nitrogens with two attached hydrogens (primary N) is 1. The van der Waals surface area contributed by atoms with E-state index in [1.165, 1.54) is 37.2 Å². The summed E-state index contributed by atoms with van der Waals surface area (Å²) in [6.45, 7) is 5.25. The second-order valence-electron chi connectivity index (χ2n) is 5.53. The average Bonchev–Trinajstić information content (AvgIpc) is 2.92. The first-order valence-electron chi connectivity index (χ1n) is 7.29. The lowest BCUT2D eigenvalue weighted by Gasteiger charge is -2.25. The van der Waals surface area contributed by atoms with Gasteiger partial charge in [-0.05, 0) is 44.5 Å². The molecule has 1 aromatic rings. The number of likely N-dealkylation sites (tertiary alicyclic amines) is 1. The van der Waals surface area contributed by atoms with E-state index in [0.717, 1.165) is 25.3 Å². The van der Waals surface area contributed by atoms with Crippen LogP contribution in [0.5, 0.6) is 5.75 Å². The number of nitrogens with zero attached hydrogens (tertiary/aromatic N) is 1. The van der Waals surface area contributed by atoms with E-state index in [1.54, 1.807) is 0 Å². The van der Waals surface area contributed by atoms with Gasteiger partial charge in [0.2, 0.25) is 0 Å². The van der Waals surface area contributed by atoms with Gasteiger partial charge in [0.1, 0.15) is 12.4 Å². The van der Waals surface area contributed by atoms with Crippen molar-refractivity contribution in [2.75, 3.05) is 38.1 Å². The van der Waals surface area contributed by atoms with Crippen molar-refractivity contribution in [1.82, 2.24) is 4.90 Å². The molecule has 2 heterocycles. The number of fused-ring (bicyclic) bond motifs is 1. The Kier molecular flexibility index (Phi) is 3.89. The molecule has 0 radical (unpaired) electrons. The Morgan fingerprint density at radius 1 is 1.32 bits per heavy atom. The minimum Gasteiger partial charge on any atom is -0.492 e. The maximum atomic E-state index is 5.99. The summed E-state index contributed by atoms with van der Waals surface area (Å²) in [5, 5.41) is 3.54. The number of anilines is 1. The highest BCUT2D eigenvalue weighted by molar-refractivity contribution is 5.58. The lowest BCUT2D eigenvalue weighted by atomic mass is 10.0. The number of ether oxygens (including phenoxy) is 1. The van der Waals surface area contributed by atoms with E-state index in [1.807, 2.05) is 12.1 Å². The van der Waals surface area contributed by atoms with Crippen molar-refractivity contribution in [2.45, 2.75) is 25.3 Å². The van der Waals surface area contributed by atoms with Crippen molar-refractivity contribution in [2.24, 2.45) is 5.73 Å². The van der Waals surface area contributed by atoms with Crippen molar-refractivity contribution in [3.63, 3.8) is 0 Å². The molecule has 4 nitrogen and oxygen atoms in total. The Morgan fingerprint density at radius 2 is 2.16 bits per heavy atom. The van der Waals surface area contributed by atoms with Crippen LogP contribution in [0.1, 0.15) is 18.4 Å². The van der Waals surface area contributed by atoms with Gasteiger partial charge in [0.05, 0.1) is 0 Å². The van der Waals surface area contributed by atoms with Gasteiger partial charge in [0, 0.05) is 30.4 Å². The number of hydrogen-bond donors (Lipinski definition) is 2. The minimum atomic E-state index is 0.119. The summed E-state index contributed by atoms with van der Waals surface area (Å²) in [6.07, 6.45) is 3.61. The molecule has 1 unspecified atom stereocenters. The van der Waals surface area contributed by atoms with Gasteiger partial charge in [-0.1, -0.05) is 6.07 Å². The van der Waals surface area contributed by atoms with Crippen LogP contribution in [0, 0.1) is 0 Å². The summed E-state index contributed by atoms with van der Waals surface area (Å²) in [4.78, 5) is 2.52. The highest BCUT2D eigenvalue weighted by atomic mass is 16.5. The Balaban J connectivity index is 1.61. The second kappa shape index (κ2) is 5.80. The van der Waals surface area contributed by atoms with Crippen LogP contribution in [-0.4, -0.2) is 43.7 Å². The highest BCUT2D eigenvalue weighted by Gasteiger charge is 2.19. The molecule has 2 aliphatic rings.